The van der Waals surface area contributed by atoms with Crippen LogP contribution in [0.3, 0.4) is 0 Å². The van der Waals surface area contributed by atoms with E-state index in [2.05, 4.69) is 5.32 Å². The van der Waals surface area contributed by atoms with Gasteiger partial charge in [-0.2, -0.15) is 0 Å². The summed E-state index contributed by atoms with van der Waals surface area (Å²) in [6.45, 7) is 0. The van der Waals surface area contributed by atoms with Crippen LogP contribution < -0.4 is 9.62 Å². The van der Waals surface area contributed by atoms with Gasteiger partial charge in [0.1, 0.15) is 0 Å². The first kappa shape index (κ1) is 21.3. The molecule has 0 saturated carbocycles. The van der Waals surface area contributed by atoms with Gasteiger partial charge in [-0.3, -0.25) is 9.10 Å². The second kappa shape index (κ2) is 9.08. The quantitative estimate of drug-likeness (QED) is 0.411. The lowest BCUT2D eigenvalue weighted by atomic mass is 10.0. The maximum Gasteiger partial charge on any atom is 0.264 e. The number of fused-ring (bicyclic) bond motifs is 1. The standard InChI is InChI=1S/C26H22N2O3S/c1-28(23-11-3-2-4-12-23)32(30,31)24-17-15-22(16-18-24)27-26(29)19-14-21-10-7-9-20-8-5-6-13-25(20)21/h2-19H,1H3,(H,27,29)/b19-14+. The summed E-state index contributed by atoms with van der Waals surface area (Å²) >= 11 is 0. The molecule has 0 aliphatic heterocycles. The molecule has 0 aliphatic carbocycles. The number of sulfonamides is 1. The predicted molar refractivity (Wildman–Crippen MR) is 130 cm³/mol. The van der Waals surface area contributed by atoms with Crippen molar-refractivity contribution in [1.82, 2.24) is 0 Å². The van der Waals surface area contributed by atoms with Crippen LogP contribution in [-0.2, 0) is 14.8 Å². The smallest absolute Gasteiger partial charge is 0.264 e. The van der Waals surface area contributed by atoms with E-state index in [1.165, 1.54) is 29.6 Å². The number of carbonyl (C=O) groups is 1. The van der Waals surface area contributed by atoms with Crippen molar-refractivity contribution in [3.8, 4) is 0 Å². The molecule has 0 heterocycles. The minimum atomic E-state index is -3.70. The van der Waals surface area contributed by atoms with Gasteiger partial charge in [0.15, 0.2) is 0 Å². The Morgan fingerprint density at radius 1 is 0.812 bits per heavy atom. The molecular formula is C26H22N2O3S. The highest BCUT2D eigenvalue weighted by Crippen LogP contribution is 2.23. The zero-order valence-electron chi connectivity index (χ0n) is 17.5. The Balaban J connectivity index is 1.46. The van der Waals surface area contributed by atoms with Gasteiger partial charge in [0.05, 0.1) is 10.6 Å². The molecule has 5 nitrogen and oxygen atoms in total. The summed E-state index contributed by atoms with van der Waals surface area (Å²) in [5, 5.41) is 4.94. The fourth-order valence-corrected chi connectivity index (χ4v) is 4.59. The molecular weight excluding hydrogens is 420 g/mol. The fraction of sp³-hybridized carbons (Fsp3) is 0.0385. The Morgan fingerprint density at radius 3 is 2.22 bits per heavy atom. The molecule has 1 N–H and O–H groups in total. The largest absolute Gasteiger partial charge is 0.323 e. The number of anilines is 2. The summed E-state index contributed by atoms with van der Waals surface area (Å²) in [6, 6.07) is 28.9. The van der Waals surface area contributed by atoms with Crippen molar-refractivity contribution in [3.63, 3.8) is 0 Å². The van der Waals surface area contributed by atoms with Gasteiger partial charge in [0.2, 0.25) is 5.91 Å². The SMILES string of the molecule is CN(c1ccccc1)S(=O)(=O)c1ccc(NC(=O)/C=C/c2cccc3ccccc23)cc1. The third-order valence-corrected chi connectivity index (χ3v) is 6.94. The van der Waals surface area contributed by atoms with E-state index >= 15 is 0 Å². The summed E-state index contributed by atoms with van der Waals surface area (Å²) in [5.74, 6) is -0.296. The molecule has 0 saturated heterocycles. The molecule has 0 aromatic heterocycles. The van der Waals surface area contributed by atoms with Gasteiger partial charge in [-0.05, 0) is 58.8 Å². The van der Waals surface area contributed by atoms with E-state index < -0.39 is 10.0 Å². The lowest BCUT2D eigenvalue weighted by Gasteiger charge is -2.19. The summed E-state index contributed by atoms with van der Waals surface area (Å²) in [5.41, 5.74) is 2.03. The molecule has 0 aliphatic rings. The molecule has 0 fully saturated rings. The number of nitrogens with one attached hydrogen (secondary N) is 1. The summed E-state index contributed by atoms with van der Waals surface area (Å²) in [4.78, 5) is 12.5. The Labute approximate surface area is 187 Å². The first-order valence-electron chi connectivity index (χ1n) is 10.1. The summed E-state index contributed by atoms with van der Waals surface area (Å²) in [6.07, 6.45) is 3.24. The number of nitrogens with zero attached hydrogens (tertiary/aromatic N) is 1. The number of hydrogen-bond acceptors (Lipinski definition) is 3. The van der Waals surface area contributed by atoms with E-state index in [0.29, 0.717) is 11.4 Å². The first-order chi connectivity index (χ1) is 15.4. The third kappa shape index (κ3) is 4.55. The molecule has 1 amide bonds. The van der Waals surface area contributed by atoms with E-state index in [0.717, 1.165) is 16.3 Å². The molecule has 4 rings (SSSR count). The second-order valence-electron chi connectivity index (χ2n) is 7.22. The van der Waals surface area contributed by atoms with Crippen LogP contribution in [0, 0.1) is 0 Å². The summed E-state index contributed by atoms with van der Waals surface area (Å²) in [7, 11) is -2.19. The first-order valence-corrected chi connectivity index (χ1v) is 11.5. The van der Waals surface area contributed by atoms with Crippen LogP contribution in [0.25, 0.3) is 16.8 Å². The maximum absolute atomic E-state index is 12.9. The topological polar surface area (TPSA) is 66.5 Å². The van der Waals surface area contributed by atoms with Crippen molar-refractivity contribution in [2.45, 2.75) is 4.90 Å². The zero-order valence-corrected chi connectivity index (χ0v) is 18.3. The molecule has 0 spiro atoms. The Kier molecular flexibility index (Phi) is 6.05. The molecule has 32 heavy (non-hydrogen) atoms. The van der Waals surface area contributed by atoms with Gasteiger partial charge in [0.25, 0.3) is 10.0 Å². The summed E-state index contributed by atoms with van der Waals surface area (Å²) < 4.78 is 26.9. The van der Waals surface area contributed by atoms with Crippen LogP contribution in [0.2, 0.25) is 0 Å². The maximum atomic E-state index is 12.9. The number of hydrogen-bond donors (Lipinski definition) is 1. The van der Waals surface area contributed by atoms with Crippen LogP contribution in [0.15, 0.2) is 108 Å². The molecule has 0 atom stereocenters. The van der Waals surface area contributed by atoms with E-state index in [4.69, 9.17) is 0 Å². The lowest BCUT2D eigenvalue weighted by Crippen LogP contribution is -2.26. The molecule has 160 valence electrons. The monoisotopic (exact) mass is 442 g/mol. The van der Waals surface area contributed by atoms with Gasteiger partial charge in [0, 0.05) is 18.8 Å². The molecule has 0 radical (unpaired) electrons. The van der Waals surface area contributed by atoms with Gasteiger partial charge >= 0.3 is 0 Å². The average molecular weight is 443 g/mol. The van der Waals surface area contributed by atoms with Crippen LogP contribution in [-0.4, -0.2) is 21.4 Å². The van der Waals surface area contributed by atoms with Gasteiger partial charge in [-0.1, -0.05) is 60.7 Å². The Morgan fingerprint density at radius 2 is 1.47 bits per heavy atom. The molecule has 6 heteroatoms. The minimum absolute atomic E-state index is 0.146. The van der Waals surface area contributed by atoms with E-state index in [-0.39, 0.29) is 10.8 Å². The van der Waals surface area contributed by atoms with Crippen molar-refractivity contribution in [1.29, 1.82) is 0 Å². The Hall–Kier alpha value is -3.90. The molecule has 4 aromatic carbocycles. The van der Waals surface area contributed by atoms with Crippen LogP contribution in [0.5, 0.6) is 0 Å². The average Bonchev–Trinajstić information content (AvgIpc) is 2.83. The van der Waals surface area contributed by atoms with Gasteiger partial charge in [-0.15, -0.1) is 0 Å². The van der Waals surface area contributed by atoms with Crippen LogP contribution in [0.4, 0.5) is 11.4 Å². The highest BCUT2D eigenvalue weighted by molar-refractivity contribution is 7.92. The van der Waals surface area contributed by atoms with Crippen molar-refractivity contribution in [3.05, 3.63) is 109 Å². The number of para-hydroxylation sites is 1. The van der Waals surface area contributed by atoms with Crippen molar-refractivity contribution >= 4 is 44.2 Å². The second-order valence-corrected chi connectivity index (χ2v) is 9.19. The number of rotatable bonds is 6. The van der Waals surface area contributed by atoms with Crippen molar-refractivity contribution in [2.75, 3.05) is 16.7 Å². The molecule has 0 bridgehead atoms. The number of amides is 1. The van der Waals surface area contributed by atoms with Crippen LogP contribution in [0.1, 0.15) is 5.56 Å². The fourth-order valence-electron chi connectivity index (χ4n) is 3.39. The highest BCUT2D eigenvalue weighted by atomic mass is 32.2. The predicted octanol–water partition coefficient (Wildman–Crippen LogP) is 5.32. The molecule has 0 unspecified atom stereocenters. The van der Waals surface area contributed by atoms with Crippen LogP contribution >= 0.6 is 0 Å². The zero-order chi connectivity index (χ0) is 22.6. The van der Waals surface area contributed by atoms with E-state index in [9.17, 15) is 13.2 Å². The molecule has 4 aromatic rings. The third-order valence-electron chi connectivity index (χ3n) is 5.14. The normalized spacial score (nSPS) is 11.5. The minimum Gasteiger partial charge on any atom is -0.323 e. The van der Waals surface area contributed by atoms with E-state index in [1.54, 1.807) is 42.5 Å². The van der Waals surface area contributed by atoms with Crippen molar-refractivity contribution < 1.29 is 13.2 Å². The van der Waals surface area contributed by atoms with E-state index in [1.807, 2.05) is 48.5 Å². The Bertz CT molecular complexity index is 1370. The highest BCUT2D eigenvalue weighted by Gasteiger charge is 2.21. The number of carbonyl (C=O) groups excluding carboxylic acids is 1. The number of benzene rings is 4. The lowest BCUT2D eigenvalue weighted by molar-refractivity contribution is -0.111. The van der Waals surface area contributed by atoms with Gasteiger partial charge < -0.3 is 5.32 Å². The van der Waals surface area contributed by atoms with Crippen molar-refractivity contribution in [2.24, 2.45) is 0 Å². The van der Waals surface area contributed by atoms with Gasteiger partial charge in [-0.25, -0.2) is 8.42 Å².